The molecule has 3 fully saturated rings. The molecule has 6 atom stereocenters. The van der Waals surface area contributed by atoms with E-state index in [-0.39, 0.29) is 60.4 Å². The summed E-state index contributed by atoms with van der Waals surface area (Å²) in [5.41, 5.74) is 2.93. The largest absolute Gasteiger partial charge is 0.508 e. The van der Waals surface area contributed by atoms with Crippen LogP contribution >= 0.6 is 0 Å². The van der Waals surface area contributed by atoms with E-state index < -0.39 is 35.5 Å². The standard InChI is InChI=1S/C37H36N2O8/c1-47-29-4-2-3-28(42)33(29)31-24-13-14-25-30(36(45)38(34(25)43)17-15-20-5-9-22(40)10-6-20)26(24)19-27-32(31)37(46)39(35(27)44)18-16-21-7-11-23(41)12-8-21/h2-13,25-27,30-32,40-42H,14-19H2,1H3/t25-,26+,27+,30-,31-,32+/m0/s1. The Bertz CT molecular complexity index is 1780. The van der Waals surface area contributed by atoms with Gasteiger partial charge in [-0.2, -0.15) is 0 Å². The first-order valence-electron chi connectivity index (χ1n) is 16.0. The Labute approximate surface area is 271 Å². The van der Waals surface area contributed by atoms with Gasteiger partial charge < -0.3 is 20.1 Å². The fourth-order valence-corrected chi connectivity index (χ4v) is 8.31. The van der Waals surface area contributed by atoms with Crippen LogP contribution in [0.25, 0.3) is 0 Å². The van der Waals surface area contributed by atoms with Gasteiger partial charge in [-0.05, 0) is 79.1 Å². The zero-order chi connectivity index (χ0) is 33.0. The van der Waals surface area contributed by atoms with E-state index in [1.807, 2.05) is 6.08 Å². The molecule has 4 aliphatic rings. The monoisotopic (exact) mass is 636 g/mol. The number of phenols is 3. The van der Waals surface area contributed by atoms with Gasteiger partial charge in [0.15, 0.2) is 0 Å². The second-order valence-electron chi connectivity index (χ2n) is 12.9. The normalized spacial score (nSPS) is 26.6. The first-order chi connectivity index (χ1) is 22.7. The Hall–Kier alpha value is -5.12. The zero-order valence-corrected chi connectivity index (χ0v) is 25.9. The van der Waals surface area contributed by atoms with E-state index in [0.717, 1.165) is 16.7 Å². The summed E-state index contributed by atoms with van der Waals surface area (Å²) < 4.78 is 5.67. The number of imide groups is 2. The van der Waals surface area contributed by atoms with Gasteiger partial charge in [0.05, 0.1) is 30.8 Å². The van der Waals surface area contributed by atoms with Crippen molar-refractivity contribution in [2.45, 2.75) is 31.6 Å². The Morgan fingerprint density at radius 3 is 1.81 bits per heavy atom. The number of aromatic hydroxyl groups is 3. The molecule has 0 radical (unpaired) electrons. The fraction of sp³-hybridized carbons (Fsp3) is 0.351. The molecule has 3 aromatic rings. The van der Waals surface area contributed by atoms with Crippen molar-refractivity contribution < 1.29 is 39.2 Å². The maximum atomic E-state index is 14.2. The first kappa shape index (κ1) is 30.5. The summed E-state index contributed by atoms with van der Waals surface area (Å²) in [6.45, 7) is 0.348. The molecular weight excluding hydrogens is 600 g/mol. The van der Waals surface area contributed by atoms with E-state index in [1.165, 1.54) is 23.0 Å². The van der Waals surface area contributed by atoms with Gasteiger partial charge in [-0.1, -0.05) is 42.0 Å². The van der Waals surface area contributed by atoms with Crippen molar-refractivity contribution in [2.24, 2.45) is 29.6 Å². The number of hydrogen-bond donors (Lipinski definition) is 3. The van der Waals surface area contributed by atoms with Crippen LogP contribution in [0.1, 0.15) is 35.4 Å². The number of likely N-dealkylation sites (tertiary alicyclic amines) is 2. The predicted octanol–water partition coefficient (Wildman–Crippen LogP) is 3.93. The highest BCUT2D eigenvalue weighted by Gasteiger charge is 2.62. The number of phenolic OH excluding ortho intramolecular Hbond substituents is 3. The first-order valence-corrected chi connectivity index (χ1v) is 16.0. The number of nitrogens with zero attached hydrogens (tertiary/aromatic N) is 2. The minimum Gasteiger partial charge on any atom is -0.508 e. The van der Waals surface area contributed by atoms with Crippen LogP contribution in [0.15, 0.2) is 78.4 Å². The smallest absolute Gasteiger partial charge is 0.234 e. The highest BCUT2D eigenvalue weighted by Crippen LogP contribution is 2.60. The number of allylic oxidation sites excluding steroid dienone is 2. The van der Waals surface area contributed by atoms with E-state index in [1.54, 1.807) is 60.7 Å². The van der Waals surface area contributed by atoms with Crippen LogP contribution in [0.3, 0.4) is 0 Å². The SMILES string of the molecule is COc1cccc(O)c1[C@H]1C2=CC[C@@H]3C(=O)N(CCc4ccc(O)cc4)C(=O)[C@@H]3[C@@H]2C[C@H]2C(=O)N(CCc3ccc(O)cc3)C(=O)[C@@H]12. The summed E-state index contributed by atoms with van der Waals surface area (Å²) in [6.07, 6.45) is 3.35. The minimum atomic E-state index is -0.804. The fourth-order valence-electron chi connectivity index (χ4n) is 8.31. The number of hydrogen-bond acceptors (Lipinski definition) is 8. The highest BCUT2D eigenvalue weighted by molar-refractivity contribution is 6.08. The van der Waals surface area contributed by atoms with Crippen LogP contribution in [0.4, 0.5) is 0 Å². The quantitative estimate of drug-likeness (QED) is 0.249. The lowest BCUT2D eigenvalue weighted by molar-refractivity contribution is -0.142. The molecule has 0 spiro atoms. The lowest BCUT2D eigenvalue weighted by Gasteiger charge is -2.44. The Morgan fingerprint density at radius 1 is 0.681 bits per heavy atom. The molecule has 0 unspecified atom stereocenters. The summed E-state index contributed by atoms with van der Waals surface area (Å²) in [5.74, 6) is -4.60. The van der Waals surface area contributed by atoms with Crippen molar-refractivity contribution in [1.82, 2.24) is 9.80 Å². The maximum absolute atomic E-state index is 14.2. The third-order valence-electron chi connectivity index (χ3n) is 10.5. The van der Waals surface area contributed by atoms with Gasteiger partial charge in [-0.15, -0.1) is 0 Å². The second-order valence-corrected chi connectivity index (χ2v) is 12.9. The highest BCUT2D eigenvalue weighted by atomic mass is 16.5. The van der Waals surface area contributed by atoms with Crippen molar-refractivity contribution in [1.29, 1.82) is 0 Å². The summed E-state index contributed by atoms with van der Waals surface area (Å²) in [7, 11) is 1.48. The minimum absolute atomic E-state index is 0.0658. The lowest BCUT2D eigenvalue weighted by atomic mass is 9.57. The van der Waals surface area contributed by atoms with Crippen LogP contribution in [-0.2, 0) is 32.0 Å². The van der Waals surface area contributed by atoms with Crippen LogP contribution in [0.5, 0.6) is 23.0 Å². The van der Waals surface area contributed by atoms with Crippen LogP contribution < -0.4 is 4.74 Å². The topological polar surface area (TPSA) is 145 Å². The second kappa shape index (κ2) is 11.9. The molecule has 47 heavy (non-hydrogen) atoms. The maximum Gasteiger partial charge on any atom is 0.234 e. The summed E-state index contributed by atoms with van der Waals surface area (Å²) in [6, 6.07) is 18.2. The molecule has 2 aliphatic carbocycles. The van der Waals surface area contributed by atoms with Gasteiger partial charge in [0.1, 0.15) is 23.0 Å². The molecule has 0 bridgehead atoms. The molecule has 4 amide bonds. The predicted molar refractivity (Wildman–Crippen MR) is 169 cm³/mol. The molecule has 2 saturated heterocycles. The van der Waals surface area contributed by atoms with Gasteiger partial charge in [-0.3, -0.25) is 29.0 Å². The van der Waals surface area contributed by atoms with Gasteiger partial charge in [0, 0.05) is 24.6 Å². The number of fused-ring (bicyclic) bond motifs is 4. The van der Waals surface area contributed by atoms with Crippen molar-refractivity contribution in [3.8, 4) is 23.0 Å². The molecule has 1 saturated carbocycles. The third kappa shape index (κ3) is 5.12. The lowest BCUT2D eigenvalue weighted by Crippen LogP contribution is -2.43. The molecule has 10 nitrogen and oxygen atoms in total. The number of carbonyl (C=O) groups is 4. The Kier molecular flexibility index (Phi) is 7.74. The van der Waals surface area contributed by atoms with Crippen LogP contribution in [-0.4, -0.2) is 68.9 Å². The molecule has 2 aliphatic heterocycles. The van der Waals surface area contributed by atoms with E-state index in [9.17, 15) is 34.5 Å². The summed E-state index contributed by atoms with van der Waals surface area (Å²) >= 11 is 0. The molecule has 242 valence electrons. The van der Waals surface area contributed by atoms with Crippen LogP contribution in [0.2, 0.25) is 0 Å². The van der Waals surface area contributed by atoms with Crippen LogP contribution in [0, 0.1) is 29.6 Å². The molecular formula is C37H36N2O8. The molecule has 10 heteroatoms. The number of benzene rings is 3. The van der Waals surface area contributed by atoms with E-state index >= 15 is 0 Å². The number of carbonyl (C=O) groups excluding carboxylic acids is 4. The molecule has 3 N–H and O–H groups in total. The average Bonchev–Trinajstić information content (AvgIpc) is 3.46. The van der Waals surface area contributed by atoms with Gasteiger partial charge in [0.2, 0.25) is 23.6 Å². The summed E-state index contributed by atoms with van der Waals surface area (Å²) in [4.78, 5) is 58.7. The number of ether oxygens (including phenoxy) is 1. The van der Waals surface area contributed by atoms with Crippen molar-refractivity contribution in [3.05, 3.63) is 95.1 Å². The zero-order valence-electron chi connectivity index (χ0n) is 25.9. The number of rotatable bonds is 8. The van der Waals surface area contributed by atoms with E-state index in [2.05, 4.69) is 0 Å². The Balaban J connectivity index is 1.23. The average molecular weight is 637 g/mol. The van der Waals surface area contributed by atoms with E-state index in [4.69, 9.17) is 4.74 Å². The summed E-state index contributed by atoms with van der Waals surface area (Å²) in [5, 5.41) is 30.5. The van der Waals surface area contributed by atoms with Gasteiger partial charge >= 0.3 is 0 Å². The third-order valence-corrected chi connectivity index (χ3v) is 10.5. The van der Waals surface area contributed by atoms with Crippen molar-refractivity contribution in [3.63, 3.8) is 0 Å². The number of methoxy groups -OCH3 is 1. The Morgan fingerprint density at radius 2 is 1.23 bits per heavy atom. The molecule has 0 aromatic heterocycles. The van der Waals surface area contributed by atoms with Gasteiger partial charge in [0.25, 0.3) is 0 Å². The van der Waals surface area contributed by atoms with Crippen molar-refractivity contribution in [2.75, 3.05) is 20.2 Å². The molecule has 7 rings (SSSR count). The molecule has 2 heterocycles. The van der Waals surface area contributed by atoms with E-state index in [0.29, 0.717) is 30.6 Å². The van der Waals surface area contributed by atoms with Gasteiger partial charge in [-0.25, -0.2) is 0 Å². The van der Waals surface area contributed by atoms with Crippen molar-refractivity contribution >= 4 is 23.6 Å². The molecule has 3 aromatic carbocycles. The number of amides is 4.